The van der Waals surface area contributed by atoms with Crippen LogP contribution >= 0.6 is 0 Å². The maximum Gasteiger partial charge on any atom is 0.0191 e. The first-order chi connectivity index (χ1) is 10.1. The Balaban J connectivity index is 2.16. The molecule has 2 nitrogen and oxygen atoms in total. The van der Waals surface area contributed by atoms with E-state index < -0.39 is 0 Å². The summed E-state index contributed by atoms with van der Waals surface area (Å²) in [7, 11) is 2.22. The van der Waals surface area contributed by atoms with Crippen molar-refractivity contribution in [3.05, 3.63) is 23.3 Å². The molecule has 1 fully saturated rings. The Labute approximate surface area is 132 Å². The number of piperazine rings is 1. The van der Waals surface area contributed by atoms with Crippen LogP contribution in [0.25, 0.3) is 0 Å². The first kappa shape index (κ1) is 18.4. The van der Waals surface area contributed by atoms with Crippen LogP contribution in [0.2, 0.25) is 0 Å². The summed E-state index contributed by atoms with van der Waals surface area (Å²) in [6.45, 7) is 12.9. The Hall–Kier alpha value is -0.600. The van der Waals surface area contributed by atoms with Crippen LogP contribution in [-0.4, -0.2) is 49.6 Å². The molecule has 1 aliphatic rings. The van der Waals surface area contributed by atoms with Gasteiger partial charge in [0.1, 0.15) is 0 Å². The topological polar surface area (TPSA) is 6.48 Å². The van der Waals surface area contributed by atoms with Crippen molar-refractivity contribution in [2.45, 2.75) is 59.3 Å². The number of rotatable bonds is 9. The van der Waals surface area contributed by atoms with E-state index >= 15 is 0 Å². The molecule has 0 spiro atoms. The van der Waals surface area contributed by atoms with Crippen LogP contribution in [0.15, 0.2) is 23.3 Å². The summed E-state index contributed by atoms with van der Waals surface area (Å²) in [5, 5.41) is 0. The molecule has 1 rings (SSSR count). The lowest BCUT2D eigenvalue weighted by Crippen LogP contribution is -2.44. The van der Waals surface area contributed by atoms with Crippen molar-refractivity contribution in [3.63, 3.8) is 0 Å². The van der Waals surface area contributed by atoms with Crippen LogP contribution in [0, 0.1) is 0 Å². The van der Waals surface area contributed by atoms with Crippen LogP contribution in [0.4, 0.5) is 0 Å². The van der Waals surface area contributed by atoms with Gasteiger partial charge in [0.25, 0.3) is 0 Å². The summed E-state index contributed by atoms with van der Waals surface area (Å²) in [5.41, 5.74) is 3.10. The summed E-state index contributed by atoms with van der Waals surface area (Å²) in [6.07, 6.45) is 12.6. The highest BCUT2D eigenvalue weighted by molar-refractivity contribution is 5.05. The SMILES string of the molecule is CCCCC/C=C(/C)CC/C=C(\C)CN1CCN(C)CC1. The maximum atomic E-state index is 2.58. The fourth-order valence-corrected chi connectivity index (χ4v) is 2.81. The summed E-state index contributed by atoms with van der Waals surface area (Å²) in [6, 6.07) is 0. The zero-order chi connectivity index (χ0) is 15.5. The van der Waals surface area contributed by atoms with Gasteiger partial charge in [-0.2, -0.15) is 0 Å². The average Bonchev–Trinajstić information content (AvgIpc) is 2.46. The second-order valence-corrected chi connectivity index (χ2v) is 6.71. The second-order valence-electron chi connectivity index (χ2n) is 6.71. The molecular weight excluding hydrogens is 256 g/mol. The molecule has 0 amide bonds. The molecule has 0 bridgehead atoms. The molecule has 0 unspecified atom stereocenters. The number of hydrogen-bond acceptors (Lipinski definition) is 2. The zero-order valence-corrected chi connectivity index (χ0v) is 14.8. The van der Waals surface area contributed by atoms with Gasteiger partial charge in [-0.25, -0.2) is 0 Å². The van der Waals surface area contributed by atoms with Crippen LogP contribution in [0.1, 0.15) is 59.3 Å². The molecule has 0 aromatic carbocycles. The van der Waals surface area contributed by atoms with Crippen molar-refractivity contribution in [1.29, 1.82) is 0 Å². The highest BCUT2D eigenvalue weighted by atomic mass is 15.2. The standard InChI is InChI=1S/C19H36N2/c1-5-6-7-8-10-18(2)11-9-12-19(3)17-21-15-13-20(4)14-16-21/h10,12H,5-9,11,13-17H2,1-4H3/b18-10-,19-12+. The zero-order valence-electron chi connectivity index (χ0n) is 14.8. The Kier molecular flexibility index (Phi) is 9.69. The molecule has 0 N–H and O–H groups in total. The summed E-state index contributed by atoms with van der Waals surface area (Å²) in [4.78, 5) is 5.00. The summed E-state index contributed by atoms with van der Waals surface area (Å²) < 4.78 is 0. The molecule has 0 radical (unpaired) electrons. The first-order valence-corrected chi connectivity index (χ1v) is 8.84. The molecule has 2 heteroatoms. The number of likely N-dealkylation sites (N-methyl/N-ethyl adjacent to an activating group) is 1. The van der Waals surface area contributed by atoms with Crippen molar-refractivity contribution in [1.82, 2.24) is 9.80 Å². The Bertz CT molecular complexity index is 322. The van der Waals surface area contributed by atoms with E-state index in [0.717, 1.165) is 6.54 Å². The van der Waals surface area contributed by atoms with Crippen molar-refractivity contribution < 1.29 is 0 Å². The van der Waals surface area contributed by atoms with E-state index in [2.05, 4.69) is 49.8 Å². The maximum absolute atomic E-state index is 2.58. The molecular formula is C19H36N2. The van der Waals surface area contributed by atoms with Crippen molar-refractivity contribution in [2.75, 3.05) is 39.8 Å². The Morgan fingerprint density at radius 3 is 2.24 bits per heavy atom. The predicted octanol–water partition coefficient (Wildman–Crippen LogP) is 4.49. The van der Waals surface area contributed by atoms with E-state index in [-0.39, 0.29) is 0 Å². The lowest BCUT2D eigenvalue weighted by molar-refractivity contribution is 0.164. The van der Waals surface area contributed by atoms with Gasteiger partial charge >= 0.3 is 0 Å². The molecule has 122 valence electrons. The Morgan fingerprint density at radius 2 is 1.57 bits per heavy atom. The predicted molar refractivity (Wildman–Crippen MR) is 94.8 cm³/mol. The minimum atomic E-state index is 1.16. The van der Waals surface area contributed by atoms with Crippen LogP contribution in [0.3, 0.4) is 0 Å². The molecule has 0 aromatic heterocycles. The van der Waals surface area contributed by atoms with E-state index in [1.54, 1.807) is 11.1 Å². The van der Waals surface area contributed by atoms with Gasteiger partial charge < -0.3 is 4.90 Å². The van der Waals surface area contributed by atoms with Gasteiger partial charge in [-0.05, 0) is 46.6 Å². The van der Waals surface area contributed by atoms with Gasteiger partial charge in [-0.3, -0.25) is 4.90 Å². The molecule has 1 aliphatic heterocycles. The summed E-state index contributed by atoms with van der Waals surface area (Å²) >= 11 is 0. The number of unbranched alkanes of at least 4 members (excludes halogenated alkanes) is 3. The molecule has 0 saturated carbocycles. The van der Waals surface area contributed by atoms with E-state index in [9.17, 15) is 0 Å². The fourth-order valence-electron chi connectivity index (χ4n) is 2.81. The van der Waals surface area contributed by atoms with Gasteiger partial charge in [0.05, 0.1) is 0 Å². The van der Waals surface area contributed by atoms with Gasteiger partial charge in [0.15, 0.2) is 0 Å². The van der Waals surface area contributed by atoms with Gasteiger partial charge in [-0.1, -0.05) is 43.1 Å². The highest BCUT2D eigenvalue weighted by Crippen LogP contribution is 2.11. The molecule has 0 aliphatic carbocycles. The smallest absolute Gasteiger partial charge is 0.0191 e. The van der Waals surface area contributed by atoms with Crippen molar-refractivity contribution >= 4 is 0 Å². The van der Waals surface area contributed by atoms with Gasteiger partial charge in [-0.15, -0.1) is 0 Å². The van der Waals surface area contributed by atoms with Gasteiger partial charge in [0, 0.05) is 32.7 Å². The van der Waals surface area contributed by atoms with Crippen molar-refractivity contribution in [3.8, 4) is 0 Å². The molecule has 21 heavy (non-hydrogen) atoms. The largest absolute Gasteiger partial charge is 0.304 e. The number of nitrogens with zero attached hydrogens (tertiary/aromatic N) is 2. The normalized spacial score (nSPS) is 19.2. The fraction of sp³-hybridized carbons (Fsp3) is 0.789. The summed E-state index contributed by atoms with van der Waals surface area (Å²) in [5.74, 6) is 0. The highest BCUT2D eigenvalue weighted by Gasteiger charge is 2.13. The van der Waals surface area contributed by atoms with Crippen molar-refractivity contribution in [2.24, 2.45) is 0 Å². The van der Waals surface area contributed by atoms with Crippen LogP contribution in [-0.2, 0) is 0 Å². The van der Waals surface area contributed by atoms with E-state index in [1.807, 2.05) is 0 Å². The monoisotopic (exact) mass is 292 g/mol. The van der Waals surface area contributed by atoms with Gasteiger partial charge in [0.2, 0.25) is 0 Å². The molecule has 0 atom stereocenters. The lowest BCUT2D eigenvalue weighted by Gasteiger charge is -2.32. The molecule has 0 aromatic rings. The third kappa shape index (κ3) is 9.10. The van der Waals surface area contributed by atoms with E-state index in [4.69, 9.17) is 0 Å². The quantitative estimate of drug-likeness (QED) is 0.456. The van der Waals surface area contributed by atoms with E-state index in [0.29, 0.717) is 0 Å². The number of hydrogen-bond donors (Lipinski definition) is 0. The van der Waals surface area contributed by atoms with Crippen LogP contribution < -0.4 is 0 Å². The average molecular weight is 293 g/mol. The molecule has 1 heterocycles. The molecule has 1 saturated heterocycles. The van der Waals surface area contributed by atoms with Crippen LogP contribution in [0.5, 0.6) is 0 Å². The Morgan fingerprint density at radius 1 is 0.905 bits per heavy atom. The van der Waals surface area contributed by atoms with E-state index in [1.165, 1.54) is 64.7 Å². The first-order valence-electron chi connectivity index (χ1n) is 8.84. The third-order valence-electron chi connectivity index (χ3n) is 4.40. The third-order valence-corrected chi connectivity index (χ3v) is 4.40. The number of allylic oxidation sites excluding steroid dienone is 3. The minimum absolute atomic E-state index is 1.16. The lowest BCUT2D eigenvalue weighted by atomic mass is 10.1. The minimum Gasteiger partial charge on any atom is -0.304 e. The second kappa shape index (κ2) is 11.0.